The third-order valence-electron chi connectivity index (χ3n) is 1.86. The smallest absolute Gasteiger partial charge is 0.418 e. The summed E-state index contributed by atoms with van der Waals surface area (Å²) in [6.45, 7) is -1.21. The van der Waals surface area contributed by atoms with E-state index in [-0.39, 0.29) is 6.20 Å². The highest BCUT2D eigenvalue weighted by Gasteiger charge is 2.36. The lowest BCUT2D eigenvalue weighted by atomic mass is 10.1. The summed E-state index contributed by atoms with van der Waals surface area (Å²) in [6.07, 6.45) is -7.93. The van der Waals surface area contributed by atoms with Gasteiger partial charge in [0.15, 0.2) is 0 Å². The summed E-state index contributed by atoms with van der Waals surface area (Å²) in [5.74, 6) is -1.33. The molecule has 16 heavy (non-hydrogen) atoms. The zero-order chi connectivity index (χ0) is 12.5. The molecule has 0 atom stereocenters. The molecular formula is C8H6F5NO2. The topological polar surface area (TPSA) is 53.4 Å². The van der Waals surface area contributed by atoms with Gasteiger partial charge in [0.25, 0.3) is 6.43 Å². The highest BCUT2D eigenvalue weighted by atomic mass is 19.4. The van der Waals surface area contributed by atoms with Crippen molar-refractivity contribution in [3.63, 3.8) is 0 Å². The first-order valence-electron chi connectivity index (χ1n) is 3.96. The third-order valence-corrected chi connectivity index (χ3v) is 1.86. The molecule has 1 aromatic rings. The van der Waals surface area contributed by atoms with Crippen molar-refractivity contribution < 1.29 is 32.2 Å². The summed E-state index contributed by atoms with van der Waals surface area (Å²) in [5.41, 5.74) is -3.62. The van der Waals surface area contributed by atoms with Gasteiger partial charge < -0.3 is 10.2 Å². The van der Waals surface area contributed by atoms with Crippen molar-refractivity contribution in [3.8, 4) is 5.75 Å². The van der Waals surface area contributed by atoms with Crippen LogP contribution in [0.3, 0.4) is 0 Å². The zero-order valence-electron chi connectivity index (χ0n) is 7.59. The molecule has 0 unspecified atom stereocenters. The van der Waals surface area contributed by atoms with Gasteiger partial charge in [0.1, 0.15) is 11.4 Å². The number of halogens is 5. The molecule has 0 saturated heterocycles. The normalized spacial score (nSPS) is 12.2. The fourth-order valence-electron chi connectivity index (χ4n) is 1.12. The first-order valence-corrected chi connectivity index (χ1v) is 3.96. The number of nitrogens with zero attached hydrogens (tertiary/aromatic N) is 1. The van der Waals surface area contributed by atoms with Gasteiger partial charge in [-0.25, -0.2) is 8.78 Å². The van der Waals surface area contributed by atoms with Crippen LogP contribution in [0.1, 0.15) is 23.2 Å². The maximum Gasteiger partial charge on any atom is 0.418 e. The lowest BCUT2D eigenvalue weighted by molar-refractivity contribution is -0.139. The summed E-state index contributed by atoms with van der Waals surface area (Å²) >= 11 is 0. The second-order valence-corrected chi connectivity index (χ2v) is 2.84. The molecule has 1 heterocycles. The van der Waals surface area contributed by atoms with Crippen LogP contribution < -0.4 is 0 Å². The highest BCUT2D eigenvalue weighted by Crippen LogP contribution is 2.38. The van der Waals surface area contributed by atoms with Gasteiger partial charge in [-0.2, -0.15) is 13.2 Å². The van der Waals surface area contributed by atoms with Crippen LogP contribution in [-0.4, -0.2) is 15.2 Å². The van der Waals surface area contributed by atoms with E-state index in [1.54, 1.807) is 0 Å². The van der Waals surface area contributed by atoms with E-state index >= 15 is 0 Å². The summed E-state index contributed by atoms with van der Waals surface area (Å²) < 4.78 is 61.3. The first-order chi connectivity index (χ1) is 7.29. The molecule has 1 aromatic heterocycles. The summed E-state index contributed by atoms with van der Waals surface area (Å²) in [6, 6.07) is 0. The summed E-state index contributed by atoms with van der Waals surface area (Å²) in [7, 11) is 0. The number of rotatable bonds is 2. The van der Waals surface area contributed by atoms with E-state index in [9.17, 15) is 22.0 Å². The van der Waals surface area contributed by atoms with Gasteiger partial charge in [0.05, 0.1) is 12.2 Å². The fraction of sp³-hybridized carbons (Fsp3) is 0.375. The minimum atomic E-state index is -4.87. The van der Waals surface area contributed by atoms with Crippen molar-refractivity contribution in [2.75, 3.05) is 0 Å². The van der Waals surface area contributed by atoms with Gasteiger partial charge in [-0.05, 0) is 0 Å². The Balaban J connectivity index is 3.41. The van der Waals surface area contributed by atoms with E-state index in [1.165, 1.54) is 0 Å². The number of hydrogen-bond acceptors (Lipinski definition) is 3. The molecule has 8 heteroatoms. The Hall–Kier alpha value is -1.44. The van der Waals surface area contributed by atoms with E-state index in [1.807, 2.05) is 0 Å². The van der Waals surface area contributed by atoms with Crippen LogP contribution in [0.4, 0.5) is 22.0 Å². The fourth-order valence-corrected chi connectivity index (χ4v) is 1.12. The predicted molar refractivity (Wildman–Crippen MR) is 41.8 cm³/mol. The first kappa shape index (κ1) is 12.6. The van der Waals surface area contributed by atoms with Crippen LogP contribution in [0.15, 0.2) is 6.20 Å². The van der Waals surface area contributed by atoms with Gasteiger partial charge >= 0.3 is 6.18 Å². The number of alkyl halides is 5. The molecule has 0 saturated carbocycles. The van der Waals surface area contributed by atoms with Crippen LogP contribution in [0.2, 0.25) is 0 Å². The number of hydrogen-bond donors (Lipinski definition) is 2. The van der Waals surface area contributed by atoms with E-state index in [2.05, 4.69) is 4.98 Å². The van der Waals surface area contributed by atoms with Gasteiger partial charge in [-0.3, -0.25) is 4.98 Å². The van der Waals surface area contributed by atoms with Crippen LogP contribution in [0, 0.1) is 0 Å². The van der Waals surface area contributed by atoms with Crippen molar-refractivity contribution in [3.05, 3.63) is 23.0 Å². The Morgan fingerprint density at radius 2 is 1.88 bits per heavy atom. The molecule has 0 radical (unpaired) electrons. The van der Waals surface area contributed by atoms with Gasteiger partial charge in [-0.15, -0.1) is 0 Å². The number of aromatic nitrogens is 1. The highest BCUT2D eigenvalue weighted by molar-refractivity contribution is 5.42. The molecule has 90 valence electrons. The van der Waals surface area contributed by atoms with E-state index in [0.29, 0.717) is 0 Å². The number of aliphatic hydroxyl groups excluding tert-OH is 1. The van der Waals surface area contributed by atoms with Gasteiger partial charge in [0, 0.05) is 11.8 Å². The van der Waals surface area contributed by atoms with Crippen molar-refractivity contribution in [2.45, 2.75) is 19.2 Å². The Morgan fingerprint density at radius 1 is 1.31 bits per heavy atom. The zero-order valence-corrected chi connectivity index (χ0v) is 7.59. The molecule has 0 amide bonds. The van der Waals surface area contributed by atoms with Crippen LogP contribution in [-0.2, 0) is 12.8 Å². The SMILES string of the molecule is OCc1c(C(F)(F)F)cnc(C(F)F)c1O. The van der Waals surface area contributed by atoms with Gasteiger partial charge in [0.2, 0.25) is 0 Å². The second kappa shape index (κ2) is 4.20. The monoisotopic (exact) mass is 243 g/mol. The molecule has 1 rings (SSSR count). The Labute approximate surface area is 86.2 Å². The Morgan fingerprint density at radius 3 is 2.25 bits per heavy atom. The molecule has 0 aliphatic carbocycles. The molecule has 2 N–H and O–H groups in total. The standard InChI is InChI=1S/C8H6F5NO2/c9-7(10)5-6(16)3(2-15)4(1-14-5)8(11,12)13/h1,7,15-16H,2H2. The molecule has 0 aromatic carbocycles. The van der Waals surface area contributed by atoms with Crippen LogP contribution >= 0.6 is 0 Å². The maximum atomic E-state index is 12.3. The molecule has 3 nitrogen and oxygen atoms in total. The quantitative estimate of drug-likeness (QED) is 0.783. The molecular weight excluding hydrogens is 237 g/mol. The Bertz CT molecular complexity index is 391. The van der Waals surface area contributed by atoms with Crippen LogP contribution in [0.25, 0.3) is 0 Å². The van der Waals surface area contributed by atoms with Gasteiger partial charge in [-0.1, -0.05) is 0 Å². The number of aliphatic hydroxyl groups is 1. The minimum absolute atomic E-state index is 0.159. The third kappa shape index (κ3) is 2.21. The molecule has 0 bridgehead atoms. The Kier molecular flexibility index (Phi) is 3.32. The average Bonchev–Trinajstić information content (AvgIpc) is 2.15. The molecule has 0 aliphatic rings. The molecule has 0 fully saturated rings. The van der Waals surface area contributed by atoms with E-state index < -0.39 is 41.8 Å². The largest absolute Gasteiger partial charge is 0.505 e. The van der Waals surface area contributed by atoms with Crippen LogP contribution in [0.5, 0.6) is 5.75 Å². The van der Waals surface area contributed by atoms with Crippen molar-refractivity contribution in [1.82, 2.24) is 4.98 Å². The number of pyridine rings is 1. The lowest BCUT2D eigenvalue weighted by Gasteiger charge is -2.14. The second-order valence-electron chi connectivity index (χ2n) is 2.84. The number of aromatic hydroxyl groups is 1. The summed E-state index contributed by atoms with van der Waals surface area (Å²) in [5, 5.41) is 17.7. The predicted octanol–water partition coefficient (Wildman–Crippen LogP) is 2.24. The summed E-state index contributed by atoms with van der Waals surface area (Å²) in [4.78, 5) is 2.82. The van der Waals surface area contributed by atoms with E-state index in [0.717, 1.165) is 0 Å². The van der Waals surface area contributed by atoms with Crippen molar-refractivity contribution in [1.29, 1.82) is 0 Å². The average molecular weight is 243 g/mol. The maximum absolute atomic E-state index is 12.3. The lowest BCUT2D eigenvalue weighted by Crippen LogP contribution is -2.11. The van der Waals surface area contributed by atoms with Crippen molar-refractivity contribution in [2.24, 2.45) is 0 Å². The molecule has 0 spiro atoms. The minimum Gasteiger partial charge on any atom is -0.505 e. The van der Waals surface area contributed by atoms with E-state index in [4.69, 9.17) is 10.2 Å². The molecule has 0 aliphatic heterocycles. The van der Waals surface area contributed by atoms with Crippen molar-refractivity contribution >= 4 is 0 Å².